The van der Waals surface area contributed by atoms with Gasteiger partial charge < -0.3 is 25.6 Å². The van der Waals surface area contributed by atoms with Gasteiger partial charge in [-0.3, -0.25) is 9.78 Å². The number of benzene rings is 1. The Hall–Kier alpha value is -3.67. The van der Waals surface area contributed by atoms with Gasteiger partial charge in [-0.05, 0) is 48.4 Å². The number of nitrogens with one attached hydrogen (secondary N) is 2. The van der Waals surface area contributed by atoms with E-state index in [0.717, 1.165) is 16.8 Å². The molecule has 5 N–H and O–H groups in total. The summed E-state index contributed by atoms with van der Waals surface area (Å²) in [6.07, 6.45) is 2.66. The molecule has 0 fully saturated rings. The number of pyridine rings is 2. The summed E-state index contributed by atoms with van der Waals surface area (Å²) in [4.78, 5) is 17.9. The molecule has 2 heterocycles. The lowest BCUT2D eigenvalue weighted by atomic mass is 10.0. The largest absolute Gasteiger partial charge is 0.504 e. The highest BCUT2D eigenvalue weighted by molar-refractivity contribution is 5.66. The van der Waals surface area contributed by atoms with Crippen LogP contribution in [0.2, 0.25) is 0 Å². The van der Waals surface area contributed by atoms with Crippen molar-refractivity contribution in [2.24, 2.45) is 0 Å². The molecular formula is C23H26N4O4. The van der Waals surface area contributed by atoms with Gasteiger partial charge in [0.2, 0.25) is 0 Å². The molecule has 0 saturated carbocycles. The van der Waals surface area contributed by atoms with Gasteiger partial charge in [-0.15, -0.1) is 0 Å². The zero-order chi connectivity index (χ0) is 23.0. The number of aromatic hydroxyl groups is 2. The van der Waals surface area contributed by atoms with Crippen LogP contribution in [0.5, 0.6) is 11.5 Å². The quantitative estimate of drug-likeness (QED) is 0.398. The van der Waals surface area contributed by atoms with Gasteiger partial charge in [0, 0.05) is 36.2 Å². The molecule has 8 heteroatoms. The molecule has 1 unspecified atom stereocenters. The number of phenolic OH excluding ortho intramolecular Hbond substituents is 2. The van der Waals surface area contributed by atoms with Gasteiger partial charge >= 0.3 is 0 Å². The summed E-state index contributed by atoms with van der Waals surface area (Å²) >= 11 is 0. The van der Waals surface area contributed by atoms with Gasteiger partial charge in [0.1, 0.15) is 11.6 Å². The van der Waals surface area contributed by atoms with Crippen LogP contribution in [0, 0.1) is 18.3 Å². The number of aliphatic hydroxyl groups is 1. The molecular weight excluding hydrogens is 396 g/mol. The fraction of sp³-hybridized carbons (Fsp3) is 0.261. The second kappa shape index (κ2) is 10.9. The summed E-state index contributed by atoms with van der Waals surface area (Å²) < 4.78 is 0. The first-order valence-corrected chi connectivity index (χ1v) is 9.70. The van der Waals surface area contributed by atoms with E-state index in [1.54, 1.807) is 31.5 Å². The number of aromatic amines is 1. The van der Waals surface area contributed by atoms with Crippen molar-refractivity contribution in [3.63, 3.8) is 0 Å². The van der Waals surface area contributed by atoms with Gasteiger partial charge in [0.25, 0.3) is 5.56 Å². The third-order valence-electron chi connectivity index (χ3n) is 4.45. The fourth-order valence-corrected chi connectivity index (χ4v) is 2.75. The number of phenols is 2. The second-order valence-corrected chi connectivity index (χ2v) is 7.23. The monoisotopic (exact) mass is 422 g/mol. The highest BCUT2D eigenvalue weighted by atomic mass is 16.3. The van der Waals surface area contributed by atoms with Gasteiger partial charge in [-0.1, -0.05) is 19.9 Å². The lowest BCUT2D eigenvalue weighted by molar-refractivity contribution is 0.171. The average Bonchev–Trinajstić information content (AvgIpc) is 2.75. The van der Waals surface area contributed by atoms with Crippen LogP contribution in [0.4, 0.5) is 0 Å². The molecule has 1 atom stereocenters. The van der Waals surface area contributed by atoms with Crippen LogP contribution >= 0.6 is 0 Å². The smallest absolute Gasteiger partial charge is 0.266 e. The van der Waals surface area contributed by atoms with Crippen molar-refractivity contribution in [3.05, 3.63) is 76.0 Å². The molecule has 31 heavy (non-hydrogen) atoms. The van der Waals surface area contributed by atoms with Crippen LogP contribution in [-0.4, -0.2) is 37.9 Å². The van der Waals surface area contributed by atoms with Gasteiger partial charge in [-0.25, -0.2) is 0 Å². The van der Waals surface area contributed by atoms with E-state index in [1.165, 1.54) is 12.1 Å². The zero-order valence-corrected chi connectivity index (χ0v) is 17.6. The van der Waals surface area contributed by atoms with Crippen LogP contribution in [0.25, 0.3) is 11.1 Å². The first-order valence-electron chi connectivity index (χ1n) is 9.70. The minimum absolute atomic E-state index is 0.123. The topological polar surface area (TPSA) is 142 Å². The molecule has 0 radical (unpaired) electrons. The van der Waals surface area contributed by atoms with Gasteiger partial charge in [0.05, 0.1) is 6.10 Å². The predicted molar refractivity (Wildman–Crippen MR) is 118 cm³/mol. The maximum absolute atomic E-state index is 11.4. The molecule has 3 aromatic rings. The number of nitriles is 1. The second-order valence-electron chi connectivity index (χ2n) is 7.23. The van der Waals surface area contributed by atoms with E-state index in [-0.39, 0.29) is 22.6 Å². The average molecular weight is 422 g/mol. The third-order valence-corrected chi connectivity index (χ3v) is 4.45. The number of aryl methyl sites for hydroxylation is 1. The molecule has 0 amide bonds. The molecule has 0 aliphatic rings. The van der Waals surface area contributed by atoms with Crippen LogP contribution in [0.15, 0.2) is 53.6 Å². The summed E-state index contributed by atoms with van der Waals surface area (Å²) in [5.74, 6) is -0.390. The highest BCUT2D eigenvalue weighted by Crippen LogP contribution is 2.27. The third kappa shape index (κ3) is 6.67. The molecule has 0 bridgehead atoms. The number of H-pyrrole nitrogens is 1. The van der Waals surface area contributed by atoms with Crippen molar-refractivity contribution < 1.29 is 15.3 Å². The lowest BCUT2D eigenvalue weighted by Crippen LogP contribution is -2.27. The van der Waals surface area contributed by atoms with Crippen molar-refractivity contribution in [3.8, 4) is 28.7 Å². The first-order chi connectivity index (χ1) is 14.7. The van der Waals surface area contributed by atoms with Crippen molar-refractivity contribution >= 4 is 0 Å². The summed E-state index contributed by atoms with van der Waals surface area (Å²) in [6.45, 7) is 6.20. The van der Waals surface area contributed by atoms with Crippen LogP contribution in [0.3, 0.4) is 0 Å². The number of rotatable bonds is 5. The summed E-state index contributed by atoms with van der Waals surface area (Å²) in [7, 11) is 0. The molecule has 3 rings (SSSR count). The molecule has 162 valence electrons. The molecule has 0 aliphatic carbocycles. The maximum Gasteiger partial charge on any atom is 0.266 e. The number of nitrogens with zero attached hydrogens (tertiary/aromatic N) is 2. The minimum atomic E-state index is -0.682. The van der Waals surface area contributed by atoms with Crippen molar-refractivity contribution in [1.82, 2.24) is 15.3 Å². The van der Waals surface area contributed by atoms with E-state index in [9.17, 15) is 15.0 Å². The minimum Gasteiger partial charge on any atom is -0.504 e. The van der Waals surface area contributed by atoms with E-state index >= 15 is 0 Å². The molecule has 0 aliphatic heterocycles. The maximum atomic E-state index is 11.4. The molecule has 2 aromatic heterocycles. The Kier molecular flexibility index (Phi) is 8.32. The molecule has 0 saturated heterocycles. The Bertz CT molecular complexity index is 1100. The number of hydrogen-bond acceptors (Lipinski definition) is 7. The van der Waals surface area contributed by atoms with Crippen LogP contribution in [-0.2, 0) is 0 Å². The Labute approximate surface area is 180 Å². The molecule has 8 nitrogen and oxygen atoms in total. The van der Waals surface area contributed by atoms with E-state index in [0.29, 0.717) is 18.2 Å². The first kappa shape index (κ1) is 23.6. The Morgan fingerprint density at radius 1 is 1.13 bits per heavy atom. The van der Waals surface area contributed by atoms with Crippen LogP contribution < -0.4 is 10.9 Å². The van der Waals surface area contributed by atoms with Gasteiger partial charge in [-0.2, -0.15) is 5.26 Å². The summed E-state index contributed by atoms with van der Waals surface area (Å²) in [6, 6.07) is 11.8. The summed E-state index contributed by atoms with van der Waals surface area (Å²) in [5, 5.41) is 40.0. The highest BCUT2D eigenvalue weighted by Gasteiger charge is 2.10. The number of aromatic nitrogens is 2. The summed E-state index contributed by atoms with van der Waals surface area (Å²) in [5.41, 5.74) is 2.88. The fourth-order valence-electron chi connectivity index (χ4n) is 2.75. The van der Waals surface area contributed by atoms with E-state index < -0.39 is 6.10 Å². The predicted octanol–water partition coefficient (Wildman–Crippen LogP) is 2.75. The van der Waals surface area contributed by atoms with Crippen molar-refractivity contribution in [2.75, 3.05) is 6.54 Å². The van der Waals surface area contributed by atoms with Gasteiger partial charge in [0.15, 0.2) is 11.5 Å². The number of hydrogen-bond donors (Lipinski definition) is 5. The molecule has 0 spiro atoms. The molecule has 1 aromatic carbocycles. The van der Waals surface area contributed by atoms with E-state index in [4.69, 9.17) is 10.4 Å². The Morgan fingerprint density at radius 3 is 2.39 bits per heavy atom. The van der Waals surface area contributed by atoms with Crippen molar-refractivity contribution in [1.29, 1.82) is 5.26 Å². The van der Waals surface area contributed by atoms with Crippen LogP contribution in [0.1, 0.15) is 36.8 Å². The lowest BCUT2D eigenvalue weighted by Gasteiger charge is -2.14. The Morgan fingerprint density at radius 2 is 1.81 bits per heavy atom. The van der Waals surface area contributed by atoms with Crippen molar-refractivity contribution in [2.45, 2.75) is 32.9 Å². The zero-order valence-electron chi connectivity index (χ0n) is 17.6. The normalized spacial score (nSPS) is 11.4. The van der Waals surface area contributed by atoms with E-state index in [1.807, 2.05) is 32.0 Å². The number of aliphatic hydroxyl groups excluding tert-OH is 1. The SMILES string of the molecule is CC(C)NCC(O)c1ccc(O)c(O)c1.Cc1[nH]c(=O)c(C#N)cc1-c1ccncc1. The Balaban J connectivity index is 0.000000221. The van der Waals surface area contributed by atoms with E-state index in [2.05, 4.69) is 15.3 Å². The standard InChI is InChI=1S/C12H9N3O.C11H17NO3/c1-8-11(9-2-4-14-5-3-9)6-10(7-13)12(16)15-8;1-7(2)12-6-11(15)8-3-4-9(13)10(14)5-8/h2-6H,1H3,(H,15,16);3-5,7,11-15H,6H2,1-2H3.